The van der Waals surface area contributed by atoms with E-state index in [1.165, 1.54) is 18.2 Å². The fourth-order valence-electron chi connectivity index (χ4n) is 5.04. The summed E-state index contributed by atoms with van der Waals surface area (Å²) in [6.07, 6.45) is 0.327. The van der Waals surface area contributed by atoms with Crippen molar-refractivity contribution in [2.75, 3.05) is 0 Å². The Morgan fingerprint density at radius 2 is 1.38 bits per heavy atom. The zero-order valence-electron chi connectivity index (χ0n) is 24.8. The van der Waals surface area contributed by atoms with Crippen molar-refractivity contribution >= 4 is 11.8 Å². The molecule has 3 aromatic rings. The fourth-order valence-corrected chi connectivity index (χ4v) is 5.04. The van der Waals surface area contributed by atoms with Crippen LogP contribution >= 0.6 is 0 Å². The number of pyridine rings is 1. The predicted octanol–water partition coefficient (Wildman–Crippen LogP) is 6.42. The van der Waals surface area contributed by atoms with Gasteiger partial charge in [0.15, 0.2) is 5.91 Å². The second kappa shape index (κ2) is 15.1. The van der Waals surface area contributed by atoms with Crippen LogP contribution in [0, 0.1) is 35.6 Å². The summed E-state index contributed by atoms with van der Waals surface area (Å²) in [5, 5.41) is 2.92. The van der Waals surface area contributed by atoms with Crippen LogP contribution in [0.1, 0.15) is 79.1 Å². The first-order valence-electron chi connectivity index (χ1n) is 12.7. The summed E-state index contributed by atoms with van der Waals surface area (Å²) >= 11 is 0. The fraction of sp³-hybridized carbons (Fsp3) is 0.323. The second-order valence-electron chi connectivity index (χ2n) is 11.9. The molecule has 5 nitrogen and oxygen atoms in total. The molecule has 2 aliphatic rings. The topological polar surface area (TPSA) is 62.3 Å². The molecule has 1 fully saturated rings. The molecular weight excluding hydrogens is 840 g/mol. The Morgan fingerprint density at radius 3 is 1.90 bits per heavy atom. The maximum Gasteiger partial charge on any atom is 0.254 e. The molecule has 2 aliphatic heterocycles. The van der Waals surface area contributed by atoms with Gasteiger partial charge in [-0.2, -0.15) is 10.8 Å². The summed E-state index contributed by atoms with van der Waals surface area (Å²) in [5.74, 6) is -1.82. The molecule has 4 radical (unpaired) electrons. The monoisotopic (exact) mass is 871 g/mol. The minimum absolute atomic E-state index is 0. The molecule has 1 N–H and O–H groups in total. The van der Waals surface area contributed by atoms with Gasteiger partial charge in [-0.25, -0.2) is 13.8 Å². The van der Waals surface area contributed by atoms with Crippen molar-refractivity contribution in [1.29, 1.82) is 0 Å². The van der Waals surface area contributed by atoms with Gasteiger partial charge in [-0.1, -0.05) is 45.9 Å². The smallest absolute Gasteiger partial charge is 0.254 e. The Labute approximate surface area is 347 Å². The van der Waals surface area contributed by atoms with Crippen molar-refractivity contribution in [1.82, 2.24) is 15.2 Å². The summed E-state index contributed by atoms with van der Waals surface area (Å²) < 4.78 is 29.3. The number of amides is 2. The third kappa shape index (κ3) is 7.84. The van der Waals surface area contributed by atoms with Crippen LogP contribution in [-0.4, -0.2) is 21.7 Å². The summed E-state index contributed by atoms with van der Waals surface area (Å²) in [6, 6.07) is 12.5. The zero-order valence-corrected chi connectivity index (χ0v) is 36.1. The van der Waals surface area contributed by atoms with E-state index in [0.29, 0.717) is 28.8 Å². The van der Waals surface area contributed by atoms with Crippen LogP contribution in [-0.2, 0) is 143 Å². The number of fused-ring (bicyclic) bond motifs is 1. The third-order valence-corrected chi connectivity index (χ3v) is 7.98. The van der Waals surface area contributed by atoms with Gasteiger partial charge in [-0.3, -0.25) is 22.7 Å². The molecule has 2 aromatic carbocycles. The molecule has 210 valence electrons. The minimum atomic E-state index is -0.792. The molecule has 0 aliphatic carbocycles. The van der Waals surface area contributed by atoms with Crippen LogP contribution in [0.25, 0.3) is 11.3 Å². The van der Waals surface area contributed by atoms with Crippen molar-refractivity contribution in [2.45, 2.75) is 53.5 Å². The maximum absolute atomic E-state index is 14.7. The number of hydrogen-bond donors (Lipinski definition) is 1. The molecule has 42 heavy (non-hydrogen) atoms. The standard InChI is InChI=1S/C31H31F2N3O2.4Y/c1-29(2)16-36(17-30(29,3)4)28(38)19-12-10-18(11-13-19)14-20-15-23(25-21(32)8-7-9-22(25)33)34-26-24(20)27(37)35-31(26,5)6;;;;/h7-13,15-17H,14H2,1-6H3,(H,35,37);;;;/q-2;;;;. The molecule has 3 heterocycles. The van der Waals surface area contributed by atoms with Gasteiger partial charge in [0.2, 0.25) is 0 Å². The van der Waals surface area contributed by atoms with E-state index >= 15 is 0 Å². The van der Waals surface area contributed by atoms with Gasteiger partial charge in [0, 0.05) is 136 Å². The Bertz CT molecular complexity index is 1440. The molecule has 0 atom stereocenters. The molecule has 1 saturated heterocycles. The molecule has 0 bridgehead atoms. The Kier molecular flexibility index (Phi) is 14.7. The van der Waals surface area contributed by atoms with E-state index in [1.54, 1.807) is 23.1 Å². The summed E-state index contributed by atoms with van der Waals surface area (Å²) in [6.45, 7) is 15.9. The summed E-state index contributed by atoms with van der Waals surface area (Å²) in [4.78, 5) is 32.3. The van der Waals surface area contributed by atoms with Crippen LogP contribution in [0.3, 0.4) is 0 Å². The van der Waals surface area contributed by atoms with E-state index in [9.17, 15) is 18.4 Å². The number of carbonyl (C=O) groups excluding carboxylic acids is 2. The van der Waals surface area contributed by atoms with E-state index in [1.807, 2.05) is 39.1 Å². The summed E-state index contributed by atoms with van der Waals surface area (Å²) in [7, 11) is 0. The molecule has 0 unspecified atom stereocenters. The maximum atomic E-state index is 14.7. The van der Waals surface area contributed by atoms with Crippen molar-refractivity contribution in [3.63, 3.8) is 0 Å². The van der Waals surface area contributed by atoms with Crippen LogP contribution in [0.5, 0.6) is 0 Å². The Morgan fingerprint density at radius 1 is 0.857 bits per heavy atom. The van der Waals surface area contributed by atoms with Gasteiger partial charge < -0.3 is 10.2 Å². The summed E-state index contributed by atoms with van der Waals surface area (Å²) in [5.41, 5.74) is 1.68. The Balaban J connectivity index is 0.00000220. The molecule has 11 heteroatoms. The molecule has 0 spiro atoms. The number of likely N-dealkylation sites (tertiary alicyclic amines) is 1. The first-order chi connectivity index (χ1) is 17.7. The van der Waals surface area contributed by atoms with Gasteiger partial charge >= 0.3 is 0 Å². The van der Waals surface area contributed by atoms with E-state index in [0.717, 1.165) is 5.56 Å². The van der Waals surface area contributed by atoms with Crippen LogP contribution < -0.4 is 5.32 Å². The molecular formula is C31H31F2N3O2Y4-2. The number of nitrogens with zero attached hydrogens (tertiary/aromatic N) is 2. The third-order valence-electron chi connectivity index (χ3n) is 7.98. The van der Waals surface area contributed by atoms with Gasteiger partial charge in [0.05, 0.1) is 28.1 Å². The number of rotatable bonds is 4. The van der Waals surface area contributed by atoms with Crippen LogP contribution in [0.15, 0.2) is 48.5 Å². The quantitative estimate of drug-likeness (QED) is 0.309. The largest absolute Gasteiger partial charge is 0.632 e. The molecule has 1 aromatic heterocycles. The SMILES string of the molecule is CC1(C)NC(=O)c2c(Cc3ccc(C(=O)N4[CH-]C(C)(C)C(C)(C)[CH-]4)cc3)cc(-c3c(F)cccc3F)nc21.[Y].[Y].[Y].[Y]. The number of carbonyl (C=O) groups is 2. The van der Waals surface area contributed by atoms with Gasteiger partial charge in [0.1, 0.15) is 11.6 Å². The molecule has 2 amide bonds. The van der Waals surface area contributed by atoms with Crippen LogP contribution in [0.2, 0.25) is 0 Å². The van der Waals surface area contributed by atoms with E-state index in [4.69, 9.17) is 0 Å². The van der Waals surface area contributed by atoms with Crippen molar-refractivity contribution in [3.8, 4) is 11.3 Å². The first kappa shape index (κ1) is 40.8. The van der Waals surface area contributed by atoms with E-state index in [-0.39, 0.29) is 165 Å². The Hall–Kier alpha value is 0.806. The number of hydrogen-bond acceptors (Lipinski definition) is 3. The molecule has 0 saturated carbocycles. The van der Waals surface area contributed by atoms with E-state index < -0.39 is 17.2 Å². The zero-order chi connectivity index (χ0) is 27.6. The van der Waals surface area contributed by atoms with Crippen molar-refractivity contribution in [2.24, 2.45) is 10.8 Å². The predicted molar refractivity (Wildman–Crippen MR) is 142 cm³/mol. The number of benzene rings is 2. The minimum Gasteiger partial charge on any atom is -0.632 e. The number of nitrogens with one attached hydrogen (secondary N) is 1. The van der Waals surface area contributed by atoms with Crippen LogP contribution in [0.4, 0.5) is 8.78 Å². The second-order valence-corrected chi connectivity index (χ2v) is 11.9. The normalized spacial score (nSPS) is 17.0. The average molecular weight is 871 g/mol. The average Bonchev–Trinajstić information content (AvgIpc) is 3.19. The molecule has 5 rings (SSSR count). The van der Waals surface area contributed by atoms with Gasteiger partial charge in [-0.15, -0.1) is 0 Å². The number of halogens is 2. The van der Waals surface area contributed by atoms with Gasteiger partial charge in [-0.05, 0) is 61.7 Å². The van der Waals surface area contributed by atoms with Crippen molar-refractivity contribution in [3.05, 3.63) is 101 Å². The van der Waals surface area contributed by atoms with Gasteiger partial charge in [0.25, 0.3) is 5.91 Å². The number of aromatic nitrogens is 1. The van der Waals surface area contributed by atoms with E-state index in [2.05, 4.69) is 38.0 Å². The first-order valence-corrected chi connectivity index (χ1v) is 12.7. The van der Waals surface area contributed by atoms with Crippen molar-refractivity contribution < 1.29 is 149 Å².